The van der Waals surface area contributed by atoms with Crippen LogP contribution >= 0.6 is 11.8 Å². The second kappa shape index (κ2) is 4.87. The van der Waals surface area contributed by atoms with Crippen LogP contribution in [0.15, 0.2) is 33.9 Å². The molecule has 98 valence electrons. The summed E-state index contributed by atoms with van der Waals surface area (Å²) >= 11 is 1.51. The number of aromatic nitrogens is 1. The van der Waals surface area contributed by atoms with Gasteiger partial charge in [0.05, 0.1) is 6.07 Å². The summed E-state index contributed by atoms with van der Waals surface area (Å²) in [6, 6.07) is 10.1. The van der Waals surface area contributed by atoms with Gasteiger partial charge >= 0.3 is 0 Å². The number of oxazole rings is 1. The van der Waals surface area contributed by atoms with Gasteiger partial charge in [0.2, 0.25) is 0 Å². The molecule has 0 radical (unpaired) electrons. The van der Waals surface area contributed by atoms with Gasteiger partial charge in [-0.25, -0.2) is 4.98 Å². The molecule has 1 aromatic carbocycles. The van der Waals surface area contributed by atoms with Crippen molar-refractivity contribution in [2.75, 3.05) is 12.8 Å². The monoisotopic (exact) mass is 273 g/mol. The number of thioether (sulfide) groups is 1. The zero-order chi connectivity index (χ0) is 13.3. The summed E-state index contributed by atoms with van der Waals surface area (Å²) in [7, 11) is 1.86. The Kier molecular flexibility index (Phi) is 3.21. The van der Waals surface area contributed by atoms with Crippen LogP contribution in [0, 0.1) is 17.2 Å². The van der Waals surface area contributed by atoms with E-state index in [1.165, 1.54) is 11.8 Å². The third-order valence-corrected chi connectivity index (χ3v) is 4.64. The fourth-order valence-corrected chi connectivity index (χ4v) is 3.35. The average molecular weight is 273 g/mol. The summed E-state index contributed by atoms with van der Waals surface area (Å²) in [5, 5.41) is 13.2. The van der Waals surface area contributed by atoms with Gasteiger partial charge in [0.25, 0.3) is 5.22 Å². The van der Waals surface area contributed by atoms with Crippen LogP contribution < -0.4 is 5.32 Å². The van der Waals surface area contributed by atoms with Crippen LogP contribution in [0.5, 0.6) is 0 Å². The third kappa shape index (κ3) is 2.34. The summed E-state index contributed by atoms with van der Waals surface area (Å²) in [6.07, 6.45) is 2.25. The topological polar surface area (TPSA) is 61.9 Å². The number of para-hydroxylation sites is 2. The SMILES string of the molecule is CNC(C#N)(CSc1nc2ccccc2o1)C1CC1. The van der Waals surface area contributed by atoms with Gasteiger partial charge in [0, 0.05) is 5.75 Å². The van der Waals surface area contributed by atoms with Crippen LogP contribution in [0.4, 0.5) is 0 Å². The summed E-state index contributed by atoms with van der Waals surface area (Å²) in [5.41, 5.74) is 1.21. The molecule has 4 nitrogen and oxygen atoms in total. The molecule has 3 rings (SSSR count). The van der Waals surface area contributed by atoms with Crippen LogP contribution in [0.25, 0.3) is 11.1 Å². The number of hydrogen-bond acceptors (Lipinski definition) is 5. The van der Waals surface area contributed by atoms with E-state index < -0.39 is 5.54 Å². The van der Waals surface area contributed by atoms with E-state index in [2.05, 4.69) is 16.4 Å². The molecule has 0 aliphatic heterocycles. The van der Waals surface area contributed by atoms with Gasteiger partial charge < -0.3 is 9.73 Å². The maximum atomic E-state index is 9.43. The first-order valence-corrected chi connectivity index (χ1v) is 7.34. The van der Waals surface area contributed by atoms with Crippen molar-refractivity contribution in [3.8, 4) is 6.07 Å². The summed E-state index contributed by atoms with van der Waals surface area (Å²) < 4.78 is 5.67. The van der Waals surface area contributed by atoms with E-state index >= 15 is 0 Å². The van der Waals surface area contributed by atoms with Crippen LogP contribution in [0.1, 0.15) is 12.8 Å². The normalized spacial score (nSPS) is 18.1. The predicted molar refractivity (Wildman–Crippen MR) is 74.9 cm³/mol. The molecular formula is C14H15N3OS. The van der Waals surface area contributed by atoms with Gasteiger partial charge in [-0.1, -0.05) is 23.9 Å². The number of benzene rings is 1. The first-order valence-electron chi connectivity index (χ1n) is 6.36. The average Bonchev–Trinajstić information content (AvgIpc) is 3.21. The molecule has 1 heterocycles. The molecule has 1 saturated carbocycles. The van der Waals surface area contributed by atoms with Crippen LogP contribution in [-0.4, -0.2) is 23.3 Å². The first kappa shape index (κ1) is 12.5. The summed E-state index contributed by atoms with van der Waals surface area (Å²) in [5.74, 6) is 1.12. The highest BCUT2D eigenvalue weighted by Gasteiger charge is 2.44. The molecule has 1 fully saturated rings. The summed E-state index contributed by atoms with van der Waals surface area (Å²) in [4.78, 5) is 4.42. The molecule has 1 aromatic heterocycles. The fraction of sp³-hybridized carbons (Fsp3) is 0.429. The number of nitriles is 1. The lowest BCUT2D eigenvalue weighted by Crippen LogP contribution is -2.46. The Labute approximate surface area is 116 Å². The number of hydrogen-bond donors (Lipinski definition) is 1. The third-order valence-electron chi connectivity index (χ3n) is 3.62. The lowest BCUT2D eigenvalue weighted by Gasteiger charge is -2.24. The van der Waals surface area contributed by atoms with Gasteiger partial charge in [0.1, 0.15) is 11.1 Å². The van der Waals surface area contributed by atoms with E-state index in [4.69, 9.17) is 4.42 Å². The van der Waals surface area contributed by atoms with E-state index in [1.54, 1.807) is 0 Å². The molecule has 1 aliphatic carbocycles. The number of nitrogens with zero attached hydrogens (tertiary/aromatic N) is 2. The lowest BCUT2D eigenvalue weighted by molar-refractivity contribution is 0.436. The minimum Gasteiger partial charge on any atom is -0.431 e. The fourth-order valence-electron chi connectivity index (χ4n) is 2.24. The van der Waals surface area contributed by atoms with E-state index in [-0.39, 0.29) is 0 Å². The Morgan fingerprint density at radius 3 is 2.95 bits per heavy atom. The van der Waals surface area contributed by atoms with Gasteiger partial charge in [-0.2, -0.15) is 5.26 Å². The number of nitrogens with one attached hydrogen (secondary N) is 1. The molecule has 0 bridgehead atoms. The highest BCUT2D eigenvalue weighted by molar-refractivity contribution is 7.99. The van der Waals surface area contributed by atoms with Gasteiger partial charge in [-0.15, -0.1) is 0 Å². The van der Waals surface area contributed by atoms with Gasteiger partial charge in [-0.05, 0) is 37.9 Å². The van der Waals surface area contributed by atoms with Gasteiger partial charge in [0.15, 0.2) is 5.58 Å². The standard InChI is InChI=1S/C14H15N3OS/c1-16-14(8-15,10-6-7-10)9-19-13-17-11-4-2-3-5-12(11)18-13/h2-5,10,16H,6-7,9H2,1H3. The Morgan fingerprint density at radius 1 is 1.53 bits per heavy atom. The number of fused-ring (bicyclic) bond motifs is 1. The Balaban J connectivity index is 1.76. The number of rotatable bonds is 5. The van der Waals surface area contributed by atoms with Crippen LogP contribution in [0.3, 0.4) is 0 Å². The van der Waals surface area contributed by atoms with Crippen molar-refractivity contribution in [2.45, 2.75) is 23.6 Å². The molecule has 0 spiro atoms. The van der Waals surface area contributed by atoms with E-state index in [0.29, 0.717) is 16.9 Å². The van der Waals surface area contributed by atoms with Crippen LogP contribution in [-0.2, 0) is 0 Å². The molecule has 1 N–H and O–H groups in total. The van der Waals surface area contributed by atoms with Gasteiger partial charge in [-0.3, -0.25) is 0 Å². The maximum absolute atomic E-state index is 9.43. The highest BCUT2D eigenvalue weighted by Crippen LogP contribution is 2.42. The van der Waals surface area contributed by atoms with Crippen molar-refractivity contribution >= 4 is 22.9 Å². The van der Waals surface area contributed by atoms with Crippen molar-refractivity contribution < 1.29 is 4.42 Å². The Hall–Kier alpha value is -1.51. The van der Waals surface area contributed by atoms with Crippen molar-refractivity contribution in [2.24, 2.45) is 5.92 Å². The second-order valence-corrected chi connectivity index (χ2v) is 5.77. The minimum atomic E-state index is -0.453. The molecule has 1 aliphatic rings. The molecule has 19 heavy (non-hydrogen) atoms. The molecule has 1 unspecified atom stereocenters. The maximum Gasteiger partial charge on any atom is 0.256 e. The molecule has 0 amide bonds. The zero-order valence-corrected chi connectivity index (χ0v) is 11.5. The molecule has 5 heteroatoms. The van der Waals surface area contributed by atoms with E-state index in [0.717, 1.165) is 23.9 Å². The lowest BCUT2D eigenvalue weighted by atomic mass is 9.98. The van der Waals surface area contributed by atoms with Crippen molar-refractivity contribution in [3.63, 3.8) is 0 Å². The van der Waals surface area contributed by atoms with E-state index in [9.17, 15) is 5.26 Å². The first-order chi connectivity index (χ1) is 9.27. The minimum absolute atomic E-state index is 0.453. The Morgan fingerprint density at radius 2 is 2.32 bits per heavy atom. The van der Waals surface area contributed by atoms with E-state index in [1.807, 2.05) is 31.3 Å². The van der Waals surface area contributed by atoms with Crippen molar-refractivity contribution in [1.82, 2.24) is 10.3 Å². The second-order valence-electron chi connectivity index (χ2n) is 4.84. The predicted octanol–water partition coefficient (Wildman–Crippen LogP) is 2.81. The smallest absolute Gasteiger partial charge is 0.256 e. The summed E-state index contributed by atoms with van der Waals surface area (Å²) in [6.45, 7) is 0. The molecule has 0 saturated heterocycles. The van der Waals surface area contributed by atoms with Crippen molar-refractivity contribution in [3.05, 3.63) is 24.3 Å². The van der Waals surface area contributed by atoms with Crippen LogP contribution in [0.2, 0.25) is 0 Å². The van der Waals surface area contributed by atoms with Crippen molar-refractivity contribution in [1.29, 1.82) is 5.26 Å². The Bertz CT molecular complexity index is 596. The molecule has 2 aromatic rings. The highest BCUT2D eigenvalue weighted by atomic mass is 32.2. The molecule has 1 atom stereocenters. The molecular weight excluding hydrogens is 258 g/mol. The zero-order valence-electron chi connectivity index (χ0n) is 10.7. The quantitative estimate of drug-likeness (QED) is 0.849. The largest absolute Gasteiger partial charge is 0.431 e.